The largest absolute Gasteiger partial charge is 0.416 e. The fraction of sp³-hybridized carbons (Fsp3) is 0.400. The molecule has 1 rings (SSSR count). The van der Waals surface area contributed by atoms with Gasteiger partial charge >= 0.3 is 6.18 Å². The molecule has 1 aromatic carbocycles. The van der Waals surface area contributed by atoms with Crippen LogP contribution in [0.1, 0.15) is 24.0 Å². The van der Waals surface area contributed by atoms with Gasteiger partial charge in [0, 0.05) is 17.5 Å². The van der Waals surface area contributed by atoms with Crippen LogP contribution in [0.25, 0.3) is 0 Å². The minimum Gasteiger partial charge on any atom is -0.396 e. The van der Waals surface area contributed by atoms with Crippen LogP contribution in [0, 0.1) is 0 Å². The zero-order chi connectivity index (χ0) is 11.6. The third kappa shape index (κ3) is 2.86. The molecule has 1 aromatic rings. The Labute approximate surface area is 90.5 Å². The van der Waals surface area contributed by atoms with Crippen LogP contribution in [0.3, 0.4) is 0 Å². The van der Waals surface area contributed by atoms with Crippen molar-refractivity contribution in [3.8, 4) is 0 Å². The molecule has 1 N–H and O–H groups in total. The highest BCUT2D eigenvalue weighted by atomic mass is 35.5. The summed E-state index contributed by atoms with van der Waals surface area (Å²) in [4.78, 5) is 0. The number of halogens is 4. The molecule has 0 saturated carbocycles. The maximum absolute atomic E-state index is 12.6. The van der Waals surface area contributed by atoms with Crippen molar-refractivity contribution < 1.29 is 18.3 Å². The maximum Gasteiger partial charge on any atom is 0.416 e. The van der Waals surface area contributed by atoms with Gasteiger partial charge < -0.3 is 5.11 Å². The van der Waals surface area contributed by atoms with Gasteiger partial charge in [0.1, 0.15) is 0 Å². The van der Waals surface area contributed by atoms with Crippen molar-refractivity contribution in [2.75, 3.05) is 6.61 Å². The highest BCUT2D eigenvalue weighted by Crippen LogP contribution is 2.36. The Bertz CT molecular complexity index is 349. The van der Waals surface area contributed by atoms with Crippen LogP contribution in [0.2, 0.25) is 5.02 Å². The number of hydrogen-bond acceptors (Lipinski definition) is 1. The molecule has 0 spiro atoms. The molecule has 0 bridgehead atoms. The van der Waals surface area contributed by atoms with Crippen molar-refractivity contribution in [1.29, 1.82) is 0 Å². The number of aliphatic hydroxyl groups excluding tert-OH is 1. The van der Waals surface area contributed by atoms with Gasteiger partial charge in [-0.05, 0) is 17.7 Å². The fourth-order valence-electron chi connectivity index (χ4n) is 1.30. The first-order valence-corrected chi connectivity index (χ1v) is 4.71. The van der Waals surface area contributed by atoms with E-state index in [0.717, 1.165) is 6.07 Å². The van der Waals surface area contributed by atoms with Crippen molar-refractivity contribution >= 4 is 11.6 Å². The van der Waals surface area contributed by atoms with Gasteiger partial charge in [0.25, 0.3) is 0 Å². The standard InChI is InChI=1S/C10H10ClF3O/c1-6(5-15)8-3-2-7(11)4-9(8)10(12,13)14/h2-4,6,15H,5H2,1H3. The summed E-state index contributed by atoms with van der Waals surface area (Å²) in [6, 6.07) is 3.56. The van der Waals surface area contributed by atoms with Crippen molar-refractivity contribution in [3.05, 3.63) is 34.3 Å². The first kappa shape index (κ1) is 12.3. The lowest BCUT2D eigenvalue weighted by Crippen LogP contribution is -2.12. The predicted octanol–water partition coefficient (Wildman–Crippen LogP) is 3.45. The summed E-state index contributed by atoms with van der Waals surface area (Å²) in [6.45, 7) is 1.20. The van der Waals surface area contributed by atoms with Gasteiger partial charge in [0.15, 0.2) is 0 Å². The number of aliphatic hydroxyl groups is 1. The number of hydrogen-bond donors (Lipinski definition) is 1. The van der Waals surface area contributed by atoms with E-state index in [0.29, 0.717) is 0 Å². The molecule has 84 valence electrons. The minimum atomic E-state index is -4.44. The molecule has 0 aliphatic rings. The van der Waals surface area contributed by atoms with E-state index in [2.05, 4.69) is 0 Å². The summed E-state index contributed by atoms with van der Waals surface area (Å²) in [7, 11) is 0. The summed E-state index contributed by atoms with van der Waals surface area (Å²) >= 11 is 5.51. The number of alkyl halides is 3. The van der Waals surface area contributed by atoms with Crippen LogP contribution in [-0.2, 0) is 6.18 Å². The Morgan fingerprint density at radius 2 is 2.00 bits per heavy atom. The van der Waals surface area contributed by atoms with E-state index in [4.69, 9.17) is 16.7 Å². The van der Waals surface area contributed by atoms with E-state index in [1.165, 1.54) is 19.1 Å². The van der Waals surface area contributed by atoms with E-state index < -0.39 is 17.7 Å². The lowest BCUT2D eigenvalue weighted by atomic mass is 9.96. The van der Waals surface area contributed by atoms with Crippen LogP contribution in [0.15, 0.2) is 18.2 Å². The van der Waals surface area contributed by atoms with Gasteiger partial charge in [-0.15, -0.1) is 0 Å². The molecular weight excluding hydrogens is 229 g/mol. The second-order valence-electron chi connectivity index (χ2n) is 3.31. The monoisotopic (exact) mass is 238 g/mol. The Morgan fingerprint density at radius 1 is 1.40 bits per heavy atom. The number of benzene rings is 1. The van der Waals surface area contributed by atoms with Gasteiger partial charge in [-0.1, -0.05) is 24.6 Å². The predicted molar refractivity (Wildman–Crippen MR) is 52.0 cm³/mol. The lowest BCUT2D eigenvalue weighted by Gasteiger charge is -2.16. The summed E-state index contributed by atoms with van der Waals surface area (Å²) in [6.07, 6.45) is -4.44. The van der Waals surface area contributed by atoms with E-state index in [1.54, 1.807) is 0 Å². The molecular formula is C10H10ClF3O. The SMILES string of the molecule is CC(CO)c1ccc(Cl)cc1C(F)(F)F. The molecule has 0 aliphatic heterocycles. The Kier molecular flexibility index (Phi) is 3.62. The van der Waals surface area contributed by atoms with E-state index >= 15 is 0 Å². The second-order valence-corrected chi connectivity index (χ2v) is 3.75. The van der Waals surface area contributed by atoms with Crippen molar-refractivity contribution in [3.63, 3.8) is 0 Å². The maximum atomic E-state index is 12.6. The molecule has 0 aliphatic carbocycles. The second kappa shape index (κ2) is 4.41. The molecule has 1 atom stereocenters. The quantitative estimate of drug-likeness (QED) is 0.837. The highest BCUT2D eigenvalue weighted by molar-refractivity contribution is 6.30. The summed E-state index contributed by atoms with van der Waals surface area (Å²) in [5, 5.41) is 8.89. The van der Waals surface area contributed by atoms with Crippen molar-refractivity contribution in [1.82, 2.24) is 0 Å². The molecule has 15 heavy (non-hydrogen) atoms. The molecule has 0 aromatic heterocycles. The summed E-state index contributed by atoms with van der Waals surface area (Å²) in [5.41, 5.74) is -0.717. The van der Waals surface area contributed by atoms with Gasteiger partial charge in [-0.2, -0.15) is 13.2 Å². The fourth-order valence-corrected chi connectivity index (χ4v) is 1.47. The molecule has 0 heterocycles. The molecule has 1 nitrogen and oxygen atoms in total. The molecule has 0 saturated heterocycles. The van der Waals surface area contributed by atoms with Crippen LogP contribution < -0.4 is 0 Å². The topological polar surface area (TPSA) is 20.2 Å². The molecule has 1 unspecified atom stereocenters. The number of rotatable bonds is 2. The third-order valence-corrected chi connectivity index (χ3v) is 2.36. The van der Waals surface area contributed by atoms with Crippen LogP contribution in [-0.4, -0.2) is 11.7 Å². The minimum absolute atomic E-state index is 0.0382. The average molecular weight is 239 g/mol. The van der Waals surface area contributed by atoms with E-state index in [9.17, 15) is 13.2 Å². The van der Waals surface area contributed by atoms with Gasteiger partial charge in [0.2, 0.25) is 0 Å². The Balaban J connectivity index is 3.27. The first-order chi connectivity index (χ1) is 6.86. The Hall–Kier alpha value is -0.740. The summed E-state index contributed by atoms with van der Waals surface area (Å²) in [5.74, 6) is -0.557. The molecule has 5 heteroatoms. The van der Waals surface area contributed by atoms with Gasteiger partial charge in [0.05, 0.1) is 5.56 Å². The third-order valence-electron chi connectivity index (χ3n) is 2.13. The van der Waals surface area contributed by atoms with E-state index in [-0.39, 0.29) is 17.2 Å². The average Bonchev–Trinajstić information content (AvgIpc) is 2.15. The van der Waals surface area contributed by atoms with Gasteiger partial charge in [-0.3, -0.25) is 0 Å². The smallest absolute Gasteiger partial charge is 0.396 e. The zero-order valence-electron chi connectivity index (χ0n) is 7.98. The zero-order valence-corrected chi connectivity index (χ0v) is 8.73. The first-order valence-electron chi connectivity index (χ1n) is 4.33. The normalized spacial score (nSPS) is 14.0. The molecule has 0 amide bonds. The molecule has 0 radical (unpaired) electrons. The van der Waals surface area contributed by atoms with Crippen LogP contribution in [0.5, 0.6) is 0 Å². The molecule has 0 fully saturated rings. The van der Waals surface area contributed by atoms with E-state index in [1.807, 2.05) is 0 Å². The van der Waals surface area contributed by atoms with Gasteiger partial charge in [-0.25, -0.2) is 0 Å². The Morgan fingerprint density at radius 3 is 2.47 bits per heavy atom. The summed E-state index contributed by atoms with van der Waals surface area (Å²) < 4.78 is 37.8. The van der Waals surface area contributed by atoms with Crippen molar-refractivity contribution in [2.24, 2.45) is 0 Å². The van der Waals surface area contributed by atoms with Crippen molar-refractivity contribution in [2.45, 2.75) is 19.0 Å². The lowest BCUT2D eigenvalue weighted by molar-refractivity contribution is -0.138. The highest BCUT2D eigenvalue weighted by Gasteiger charge is 2.34. The van der Waals surface area contributed by atoms with Crippen LogP contribution in [0.4, 0.5) is 13.2 Å². The van der Waals surface area contributed by atoms with Crippen LogP contribution >= 0.6 is 11.6 Å².